The normalized spacial score (nSPS) is 17.6. The highest BCUT2D eigenvalue weighted by Crippen LogP contribution is 2.30. The van der Waals surface area contributed by atoms with Gasteiger partial charge in [0, 0.05) is 24.9 Å². The van der Waals surface area contributed by atoms with Gasteiger partial charge >= 0.3 is 0 Å². The second-order valence-corrected chi connectivity index (χ2v) is 6.92. The minimum absolute atomic E-state index is 0.448. The van der Waals surface area contributed by atoms with Crippen LogP contribution in [0.1, 0.15) is 24.5 Å². The maximum atomic E-state index is 4.73. The summed E-state index contributed by atoms with van der Waals surface area (Å²) in [5.41, 5.74) is 2.23. The maximum absolute atomic E-state index is 4.73. The largest absolute Gasteiger partial charge is 0.316 e. The first-order valence-electron chi connectivity index (χ1n) is 8.19. The van der Waals surface area contributed by atoms with Crippen LogP contribution in [0.4, 0.5) is 10.9 Å². The molecule has 1 unspecified atom stereocenters. The van der Waals surface area contributed by atoms with Crippen LogP contribution in [0.15, 0.2) is 48.9 Å². The smallest absolute Gasteiger partial charge is 0.188 e. The van der Waals surface area contributed by atoms with Crippen LogP contribution in [0.3, 0.4) is 0 Å². The van der Waals surface area contributed by atoms with Gasteiger partial charge in [0.2, 0.25) is 0 Å². The Morgan fingerprint density at radius 3 is 2.88 bits per heavy atom. The summed E-state index contributed by atoms with van der Waals surface area (Å²) in [4.78, 5) is 14.7. The molecular weight excluding hydrogens is 318 g/mol. The summed E-state index contributed by atoms with van der Waals surface area (Å²) in [5, 5.41) is 7.55. The van der Waals surface area contributed by atoms with Gasteiger partial charge in [-0.05, 0) is 24.9 Å². The molecule has 0 bridgehead atoms. The maximum Gasteiger partial charge on any atom is 0.188 e. The lowest BCUT2D eigenvalue weighted by Crippen LogP contribution is -2.29. The quantitative estimate of drug-likeness (QED) is 0.758. The molecule has 6 heteroatoms. The number of piperidine rings is 1. The number of nitrogens with zero attached hydrogens (tertiary/aromatic N) is 3. The van der Waals surface area contributed by atoms with Gasteiger partial charge in [0.1, 0.15) is 0 Å². The highest BCUT2D eigenvalue weighted by molar-refractivity contribution is 7.18. The number of thiazole rings is 1. The summed E-state index contributed by atoms with van der Waals surface area (Å²) < 4.78 is 0. The molecule has 0 amide bonds. The third-order valence-electron chi connectivity index (χ3n) is 4.17. The molecule has 3 heterocycles. The molecule has 4 rings (SSSR count). The average molecular weight is 337 g/mol. The standard InChI is InChI=1S/C18H19N5S/c1-2-5-13(6-3-1)16-11-21-18(24-16)23-17-12-20-10-15(22-17)14-7-4-8-19-9-14/h1-3,5-6,10-12,14,19H,4,7-9H2,(H,21,22,23). The van der Waals surface area contributed by atoms with Crippen molar-refractivity contribution < 1.29 is 0 Å². The first-order chi connectivity index (χ1) is 11.9. The summed E-state index contributed by atoms with van der Waals surface area (Å²) in [6.07, 6.45) is 7.88. The molecule has 0 radical (unpaired) electrons. The molecule has 0 aliphatic carbocycles. The van der Waals surface area contributed by atoms with Crippen molar-refractivity contribution >= 4 is 22.3 Å². The predicted octanol–water partition coefficient (Wildman–Crippen LogP) is 3.81. The number of hydrogen-bond acceptors (Lipinski definition) is 6. The van der Waals surface area contributed by atoms with Crippen LogP contribution in [-0.4, -0.2) is 28.0 Å². The summed E-state index contributed by atoms with van der Waals surface area (Å²) in [5.74, 6) is 1.20. The van der Waals surface area contributed by atoms with Gasteiger partial charge in [-0.2, -0.15) is 0 Å². The molecule has 0 spiro atoms. The van der Waals surface area contributed by atoms with Crippen molar-refractivity contribution in [3.8, 4) is 10.4 Å². The van der Waals surface area contributed by atoms with Crippen LogP contribution in [0, 0.1) is 0 Å². The Hall–Kier alpha value is -2.31. The van der Waals surface area contributed by atoms with Crippen LogP contribution in [-0.2, 0) is 0 Å². The number of anilines is 2. The molecule has 3 aromatic rings. The molecule has 24 heavy (non-hydrogen) atoms. The van der Waals surface area contributed by atoms with E-state index < -0.39 is 0 Å². The first-order valence-corrected chi connectivity index (χ1v) is 9.01. The van der Waals surface area contributed by atoms with Crippen molar-refractivity contribution in [2.45, 2.75) is 18.8 Å². The Labute approximate surface area is 145 Å². The van der Waals surface area contributed by atoms with Gasteiger partial charge in [-0.25, -0.2) is 9.97 Å². The van der Waals surface area contributed by atoms with Gasteiger partial charge in [0.25, 0.3) is 0 Å². The monoisotopic (exact) mass is 337 g/mol. The predicted molar refractivity (Wildman–Crippen MR) is 97.7 cm³/mol. The van der Waals surface area contributed by atoms with E-state index in [1.54, 1.807) is 17.5 Å². The van der Waals surface area contributed by atoms with Gasteiger partial charge in [0.15, 0.2) is 10.9 Å². The fraction of sp³-hybridized carbons (Fsp3) is 0.278. The number of benzene rings is 1. The molecule has 0 saturated carbocycles. The highest BCUT2D eigenvalue weighted by Gasteiger charge is 2.17. The minimum Gasteiger partial charge on any atom is -0.316 e. The average Bonchev–Trinajstić information content (AvgIpc) is 3.12. The molecule has 1 atom stereocenters. The van der Waals surface area contributed by atoms with Crippen LogP contribution >= 0.6 is 11.3 Å². The van der Waals surface area contributed by atoms with E-state index in [2.05, 4.69) is 32.7 Å². The third kappa shape index (κ3) is 3.44. The second-order valence-electron chi connectivity index (χ2n) is 5.89. The van der Waals surface area contributed by atoms with E-state index in [1.165, 1.54) is 18.4 Å². The lowest BCUT2D eigenvalue weighted by Gasteiger charge is -2.22. The Morgan fingerprint density at radius 2 is 2.04 bits per heavy atom. The van der Waals surface area contributed by atoms with E-state index in [0.29, 0.717) is 5.92 Å². The number of nitrogens with one attached hydrogen (secondary N) is 2. The van der Waals surface area contributed by atoms with Gasteiger partial charge < -0.3 is 10.6 Å². The van der Waals surface area contributed by atoms with Crippen molar-refractivity contribution in [2.75, 3.05) is 18.4 Å². The molecule has 2 N–H and O–H groups in total. The minimum atomic E-state index is 0.448. The molecule has 2 aromatic heterocycles. The fourth-order valence-electron chi connectivity index (χ4n) is 2.92. The van der Waals surface area contributed by atoms with Crippen molar-refractivity contribution in [1.82, 2.24) is 20.3 Å². The van der Waals surface area contributed by atoms with E-state index in [0.717, 1.165) is 34.6 Å². The topological polar surface area (TPSA) is 62.7 Å². The molecule has 1 fully saturated rings. The zero-order chi connectivity index (χ0) is 16.2. The van der Waals surface area contributed by atoms with Crippen LogP contribution in [0.25, 0.3) is 10.4 Å². The molecule has 1 aromatic carbocycles. The summed E-state index contributed by atoms with van der Waals surface area (Å²) in [6.45, 7) is 2.08. The van der Waals surface area contributed by atoms with Crippen molar-refractivity contribution in [3.05, 3.63) is 54.6 Å². The van der Waals surface area contributed by atoms with Gasteiger partial charge in [-0.15, -0.1) is 0 Å². The Kier molecular flexibility index (Phi) is 4.49. The lowest BCUT2D eigenvalue weighted by molar-refractivity contribution is 0.454. The zero-order valence-electron chi connectivity index (χ0n) is 13.3. The molecule has 1 saturated heterocycles. The van der Waals surface area contributed by atoms with Crippen molar-refractivity contribution in [1.29, 1.82) is 0 Å². The Morgan fingerprint density at radius 1 is 1.12 bits per heavy atom. The fourth-order valence-corrected chi connectivity index (χ4v) is 3.75. The Bertz CT molecular complexity index is 796. The van der Waals surface area contributed by atoms with Crippen LogP contribution < -0.4 is 10.6 Å². The molecule has 122 valence electrons. The zero-order valence-corrected chi connectivity index (χ0v) is 14.1. The molecule has 1 aliphatic rings. The van der Waals surface area contributed by atoms with Gasteiger partial charge in [-0.1, -0.05) is 41.7 Å². The van der Waals surface area contributed by atoms with Crippen molar-refractivity contribution in [2.24, 2.45) is 0 Å². The van der Waals surface area contributed by atoms with E-state index in [4.69, 9.17) is 4.98 Å². The van der Waals surface area contributed by atoms with Gasteiger partial charge in [-0.3, -0.25) is 4.98 Å². The SMILES string of the molecule is c1ccc(-c2cnc(Nc3cncc(C4CCCNC4)n3)s2)cc1. The third-order valence-corrected chi connectivity index (χ3v) is 5.13. The van der Waals surface area contributed by atoms with E-state index in [1.807, 2.05) is 30.6 Å². The van der Waals surface area contributed by atoms with E-state index >= 15 is 0 Å². The molecular formula is C18H19N5S. The van der Waals surface area contributed by atoms with Crippen molar-refractivity contribution in [3.63, 3.8) is 0 Å². The number of aromatic nitrogens is 3. The summed E-state index contributed by atoms with van der Waals surface area (Å²) >= 11 is 1.62. The van der Waals surface area contributed by atoms with E-state index in [9.17, 15) is 0 Å². The number of rotatable bonds is 4. The van der Waals surface area contributed by atoms with Crippen LogP contribution in [0.5, 0.6) is 0 Å². The molecule has 5 nitrogen and oxygen atoms in total. The summed E-state index contributed by atoms with van der Waals surface area (Å²) in [7, 11) is 0. The second kappa shape index (κ2) is 7.07. The Balaban J connectivity index is 1.50. The number of hydrogen-bond donors (Lipinski definition) is 2. The van der Waals surface area contributed by atoms with Crippen LogP contribution in [0.2, 0.25) is 0 Å². The van der Waals surface area contributed by atoms with Gasteiger partial charge in [0.05, 0.1) is 16.8 Å². The van der Waals surface area contributed by atoms with E-state index in [-0.39, 0.29) is 0 Å². The lowest BCUT2D eigenvalue weighted by atomic mass is 9.97. The first kappa shape index (κ1) is 15.2. The molecule has 1 aliphatic heterocycles. The summed E-state index contributed by atoms with van der Waals surface area (Å²) in [6, 6.07) is 10.3. The highest BCUT2D eigenvalue weighted by atomic mass is 32.1.